The standard InChI is InChI=1S/C20H22N2O3S/c23-20(13-22-10-5-11-26-19-9-4-1-6-16(19)22)21-12-15-14-24-17-7-2-3-8-18(17)25-15/h1-4,6-9,15H,5,10-14H2,(H,21,23). The van der Waals surface area contributed by atoms with E-state index in [9.17, 15) is 4.79 Å². The van der Waals surface area contributed by atoms with Crippen LogP contribution in [-0.2, 0) is 4.79 Å². The van der Waals surface area contributed by atoms with Crippen molar-refractivity contribution in [2.75, 3.05) is 36.9 Å². The molecule has 1 unspecified atom stereocenters. The second-order valence-corrected chi connectivity index (χ2v) is 7.53. The molecule has 2 aromatic rings. The molecule has 5 nitrogen and oxygen atoms in total. The van der Waals surface area contributed by atoms with Crippen LogP contribution < -0.4 is 19.7 Å². The summed E-state index contributed by atoms with van der Waals surface area (Å²) in [5, 5.41) is 2.99. The van der Waals surface area contributed by atoms with Gasteiger partial charge in [-0.3, -0.25) is 4.79 Å². The maximum atomic E-state index is 12.5. The van der Waals surface area contributed by atoms with Gasteiger partial charge in [-0.2, -0.15) is 0 Å². The van der Waals surface area contributed by atoms with Gasteiger partial charge in [-0.25, -0.2) is 0 Å². The van der Waals surface area contributed by atoms with E-state index in [1.54, 1.807) is 0 Å². The van der Waals surface area contributed by atoms with Gasteiger partial charge in [0.15, 0.2) is 11.5 Å². The van der Waals surface area contributed by atoms with E-state index < -0.39 is 0 Å². The average Bonchev–Trinajstić information content (AvgIpc) is 2.89. The number of hydrogen-bond donors (Lipinski definition) is 1. The third-order valence-electron chi connectivity index (χ3n) is 4.46. The van der Waals surface area contributed by atoms with Gasteiger partial charge >= 0.3 is 0 Å². The average molecular weight is 370 g/mol. The molecule has 2 aliphatic heterocycles. The molecule has 2 aromatic carbocycles. The van der Waals surface area contributed by atoms with Crippen LogP contribution in [0.25, 0.3) is 0 Å². The predicted octanol–water partition coefficient (Wildman–Crippen LogP) is 2.95. The molecule has 0 saturated carbocycles. The fraction of sp³-hybridized carbons (Fsp3) is 0.350. The third kappa shape index (κ3) is 3.90. The molecular weight excluding hydrogens is 348 g/mol. The lowest BCUT2D eigenvalue weighted by Gasteiger charge is -2.27. The summed E-state index contributed by atoms with van der Waals surface area (Å²) in [7, 11) is 0. The van der Waals surface area contributed by atoms with Gasteiger partial charge in [0.25, 0.3) is 0 Å². The monoisotopic (exact) mass is 370 g/mol. The molecule has 2 aliphatic rings. The number of hydrogen-bond acceptors (Lipinski definition) is 5. The van der Waals surface area contributed by atoms with Crippen LogP contribution in [0.2, 0.25) is 0 Å². The summed E-state index contributed by atoms with van der Waals surface area (Å²) in [6.07, 6.45) is 0.907. The van der Waals surface area contributed by atoms with Crippen molar-refractivity contribution < 1.29 is 14.3 Å². The molecule has 0 saturated heterocycles. The van der Waals surface area contributed by atoms with E-state index in [4.69, 9.17) is 9.47 Å². The normalized spacial score (nSPS) is 18.6. The Balaban J connectivity index is 1.32. The number of benzene rings is 2. The number of fused-ring (bicyclic) bond motifs is 2. The molecule has 4 rings (SSSR count). The smallest absolute Gasteiger partial charge is 0.239 e. The molecule has 1 amide bonds. The van der Waals surface area contributed by atoms with Crippen LogP contribution in [0.3, 0.4) is 0 Å². The van der Waals surface area contributed by atoms with Gasteiger partial charge in [-0.1, -0.05) is 24.3 Å². The lowest BCUT2D eigenvalue weighted by atomic mass is 10.2. The number of para-hydroxylation sites is 3. The number of amides is 1. The SMILES string of the molecule is O=C(CN1CCCSc2ccccc21)NCC1COc2ccccc2O1. The Hall–Kier alpha value is -2.34. The molecule has 0 aliphatic carbocycles. The van der Waals surface area contributed by atoms with Crippen molar-refractivity contribution in [3.05, 3.63) is 48.5 Å². The lowest BCUT2D eigenvalue weighted by molar-refractivity contribution is -0.120. The van der Waals surface area contributed by atoms with Gasteiger partial charge in [0.1, 0.15) is 12.7 Å². The van der Waals surface area contributed by atoms with Crippen LogP contribution in [-0.4, -0.2) is 44.0 Å². The Morgan fingerprint density at radius 2 is 1.96 bits per heavy atom. The molecular formula is C20H22N2O3S. The fourth-order valence-electron chi connectivity index (χ4n) is 3.18. The number of nitrogens with zero attached hydrogens (tertiary/aromatic N) is 1. The van der Waals surface area contributed by atoms with Gasteiger partial charge in [-0.05, 0) is 36.4 Å². The van der Waals surface area contributed by atoms with Crippen molar-refractivity contribution >= 4 is 23.4 Å². The number of rotatable bonds is 4. The van der Waals surface area contributed by atoms with E-state index in [2.05, 4.69) is 22.3 Å². The van der Waals surface area contributed by atoms with Gasteiger partial charge in [-0.15, -0.1) is 11.8 Å². The Morgan fingerprint density at radius 1 is 1.15 bits per heavy atom. The van der Waals surface area contributed by atoms with Crippen molar-refractivity contribution in [2.24, 2.45) is 0 Å². The summed E-state index contributed by atoms with van der Waals surface area (Å²) in [5.74, 6) is 2.58. The molecule has 0 radical (unpaired) electrons. The first-order chi connectivity index (χ1) is 12.8. The highest BCUT2D eigenvalue weighted by Crippen LogP contribution is 2.33. The number of nitrogens with one attached hydrogen (secondary N) is 1. The van der Waals surface area contributed by atoms with Crippen molar-refractivity contribution in [3.8, 4) is 11.5 Å². The molecule has 0 spiro atoms. The van der Waals surface area contributed by atoms with Gasteiger partial charge in [0.05, 0.1) is 18.8 Å². The van der Waals surface area contributed by atoms with Crippen LogP contribution in [0, 0.1) is 0 Å². The zero-order valence-electron chi connectivity index (χ0n) is 14.5. The van der Waals surface area contributed by atoms with Crippen LogP contribution in [0.15, 0.2) is 53.4 Å². The van der Waals surface area contributed by atoms with Gasteiger partial charge in [0, 0.05) is 11.4 Å². The molecule has 26 heavy (non-hydrogen) atoms. The van der Waals surface area contributed by atoms with Crippen LogP contribution in [0.5, 0.6) is 11.5 Å². The first-order valence-corrected chi connectivity index (χ1v) is 9.90. The summed E-state index contributed by atoms with van der Waals surface area (Å²) in [5.41, 5.74) is 1.15. The number of carbonyl (C=O) groups is 1. The molecule has 0 fully saturated rings. The second kappa shape index (κ2) is 7.91. The minimum Gasteiger partial charge on any atom is -0.486 e. The highest BCUT2D eigenvalue weighted by molar-refractivity contribution is 7.99. The number of ether oxygens (including phenoxy) is 2. The Morgan fingerprint density at radius 3 is 2.88 bits per heavy atom. The predicted molar refractivity (Wildman–Crippen MR) is 103 cm³/mol. The van der Waals surface area contributed by atoms with E-state index in [-0.39, 0.29) is 12.0 Å². The third-order valence-corrected chi connectivity index (χ3v) is 5.61. The number of carbonyl (C=O) groups excluding carboxylic acids is 1. The highest BCUT2D eigenvalue weighted by atomic mass is 32.2. The van der Waals surface area contributed by atoms with Gasteiger partial charge in [0.2, 0.25) is 5.91 Å². The quantitative estimate of drug-likeness (QED) is 0.897. The molecule has 1 N–H and O–H groups in total. The first kappa shape index (κ1) is 17.1. The van der Waals surface area contributed by atoms with E-state index >= 15 is 0 Å². The topological polar surface area (TPSA) is 50.8 Å². The maximum absolute atomic E-state index is 12.5. The van der Waals surface area contributed by atoms with Crippen LogP contribution in [0.1, 0.15) is 6.42 Å². The van der Waals surface area contributed by atoms with E-state index in [0.717, 1.165) is 35.9 Å². The molecule has 136 valence electrons. The van der Waals surface area contributed by atoms with Crippen molar-refractivity contribution in [1.29, 1.82) is 0 Å². The second-order valence-electron chi connectivity index (χ2n) is 6.39. The molecule has 1 atom stereocenters. The zero-order valence-corrected chi connectivity index (χ0v) is 15.3. The highest BCUT2D eigenvalue weighted by Gasteiger charge is 2.22. The Bertz CT molecular complexity index is 783. The fourth-order valence-corrected chi connectivity index (χ4v) is 4.20. The van der Waals surface area contributed by atoms with E-state index in [1.165, 1.54) is 4.90 Å². The maximum Gasteiger partial charge on any atom is 0.239 e. The minimum atomic E-state index is -0.166. The minimum absolute atomic E-state index is 0.00848. The van der Waals surface area contributed by atoms with E-state index in [1.807, 2.05) is 48.2 Å². The van der Waals surface area contributed by atoms with Crippen molar-refractivity contribution in [1.82, 2.24) is 5.32 Å². The lowest BCUT2D eigenvalue weighted by Crippen LogP contribution is -2.44. The summed E-state index contributed by atoms with van der Waals surface area (Å²) in [6, 6.07) is 15.9. The number of thioether (sulfide) groups is 1. The molecule has 0 aromatic heterocycles. The van der Waals surface area contributed by atoms with Crippen molar-refractivity contribution in [2.45, 2.75) is 17.4 Å². The molecule has 6 heteroatoms. The Labute approximate surface area is 157 Å². The van der Waals surface area contributed by atoms with Crippen molar-refractivity contribution in [3.63, 3.8) is 0 Å². The van der Waals surface area contributed by atoms with Crippen LogP contribution >= 0.6 is 11.8 Å². The summed E-state index contributed by atoms with van der Waals surface area (Å²) < 4.78 is 11.6. The van der Waals surface area contributed by atoms with Gasteiger partial charge < -0.3 is 19.7 Å². The Kier molecular flexibility index (Phi) is 5.20. The number of anilines is 1. The molecule has 0 bridgehead atoms. The molecule has 2 heterocycles. The summed E-state index contributed by atoms with van der Waals surface area (Å²) in [4.78, 5) is 15.9. The first-order valence-electron chi connectivity index (χ1n) is 8.91. The summed E-state index contributed by atoms with van der Waals surface area (Å²) >= 11 is 1.86. The largest absolute Gasteiger partial charge is 0.486 e. The van der Waals surface area contributed by atoms with Crippen LogP contribution in [0.4, 0.5) is 5.69 Å². The van der Waals surface area contributed by atoms with E-state index in [0.29, 0.717) is 19.7 Å². The summed E-state index contributed by atoms with van der Waals surface area (Å²) in [6.45, 7) is 2.15. The zero-order chi connectivity index (χ0) is 17.8.